The lowest BCUT2D eigenvalue weighted by atomic mass is 10.1. The second-order valence-corrected chi connectivity index (χ2v) is 5.11. The molecule has 0 aliphatic carbocycles. The molecule has 4 nitrogen and oxygen atoms in total. The summed E-state index contributed by atoms with van der Waals surface area (Å²) in [7, 11) is 0. The Morgan fingerprint density at radius 2 is 1.57 bits per heavy atom. The highest BCUT2D eigenvalue weighted by molar-refractivity contribution is 7.80. The third-order valence-electron chi connectivity index (χ3n) is 2.63. The van der Waals surface area contributed by atoms with Crippen LogP contribution in [-0.4, -0.2) is 22.2 Å². The number of benzene rings is 2. The summed E-state index contributed by atoms with van der Waals surface area (Å²) in [5.74, 6) is -1.82. The molecule has 2 aromatic carbocycles. The van der Waals surface area contributed by atoms with Crippen LogP contribution < -0.4 is 0 Å². The maximum absolute atomic E-state index is 10.5. The first-order chi connectivity index (χ1) is 9.82. The predicted octanol–water partition coefficient (Wildman–Crippen LogP) is 3.66. The summed E-state index contributed by atoms with van der Waals surface area (Å²) in [4.78, 5) is 22.2. The molecule has 0 saturated carbocycles. The van der Waals surface area contributed by atoms with Crippen LogP contribution in [0.15, 0.2) is 52.3 Å². The van der Waals surface area contributed by atoms with Crippen molar-refractivity contribution >= 4 is 37.2 Å². The Morgan fingerprint density at radius 1 is 0.952 bits per heavy atom. The molecule has 110 valence electrons. The van der Waals surface area contributed by atoms with E-state index in [0.29, 0.717) is 20.9 Å². The van der Waals surface area contributed by atoms with Gasteiger partial charge in [-0.25, -0.2) is 9.59 Å². The van der Waals surface area contributed by atoms with Crippen LogP contribution in [0.3, 0.4) is 0 Å². The quantitative estimate of drug-likeness (QED) is 0.637. The predicted molar refractivity (Wildman–Crippen MR) is 86.0 cm³/mol. The number of hydrogen-bond acceptors (Lipinski definition) is 4. The van der Waals surface area contributed by atoms with Crippen LogP contribution in [0.1, 0.15) is 26.3 Å². The van der Waals surface area contributed by atoms with E-state index in [2.05, 4.69) is 25.3 Å². The smallest absolute Gasteiger partial charge is 0.335 e. The third kappa shape index (κ3) is 5.17. The van der Waals surface area contributed by atoms with Crippen LogP contribution in [0.2, 0.25) is 0 Å². The minimum atomic E-state index is -0.920. The Bertz CT molecular complexity index is 668. The van der Waals surface area contributed by atoms with Gasteiger partial charge in [-0.1, -0.05) is 12.1 Å². The topological polar surface area (TPSA) is 74.6 Å². The Balaban J connectivity index is 0.000000211. The SMILES string of the molecule is Cc1c(S)cccc1C(=O)O.O=C(O)c1cccc(S)c1. The first-order valence-corrected chi connectivity index (χ1v) is 6.76. The Labute approximate surface area is 133 Å². The van der Waals surface area contributed by atoms with E-state index >= 15 is 0 Å². The molecule has 21 heavy (non-hydrogen) atoms. The van der Waals surface area contributed by atoms with Gasteiger partial charge in [-0.3, -0.25) is 0 Å². The molecule has 6 heteroatoms. The van der Waals surface area contributed by atoms with Crippen LogP contribution in [0.5, 0.6) is 0 Å². The zero-order chi connectivity index (χ0) is 16.0. The van der Waals surface area contributed by atoms with Gasteiger partial charge < -0.3 is 10.2 Å². The number of rotatable bonds is 2. The second-order valence-electron chi connectivity index (χ2n) is 4.11. The molecular formula is C15H14O4S2. The maximum Gasteiger partial charge on any atom is 0.335 e. The van der Waals surface area contributed by atoms with Gasteiger partial charge in [0.2, 0.25) is 0 Å². The molecule has 0 unspecified atom stereocenters. The van der Waals surface area contributed by atoms with Crippen molar-refractivity contribution < 1.29 is 19.8 Å². The summed E-state index contributed by atoms with van der Waals surface area (Å²) in [5, 5.41) is 17.1. The fraction of sp³-hybridized carbons (Fsp3) is 0.0667. The molecule has 2 aromatic rings. The number of carboxylic acid groups (broad SMARTS) is 2. The van der Waals surface area contributed by atoms with E-state index in [4.69, 9.17) is 10.2 Å². The van der Waals surface area contributed by atoms with E-state index in [-0.39, 0.29) is 5.56 Å². The molecule has 0 amide bonds. The van der Waals surface area contributed by atoms with Gasteiger partial charge in [0.05, 0.1) is 11.1 Å². The van der Waals surface area contributed by atoms with E-state index in [9.17, 15) is 9.59 Å². The van der Waals surface area contributed by atoms with Gasteiger partial charge >= 0.3 is 11.9 Å². The van der Waals surface area contributed by atoms with Crippen LogP contribution in [0.4, 0.5) is 0 Å². The average Bonchev–Trinajstić information content (AvgIpc) is 2.42. The molecule has 0 aliphatic rings. The summed E-state index contributed by atoms with van der Waals surface area (Å²) in [6.45, 7) is 1.74. The van der Waals surface area contributed by atoms with Gasteiger partial charge in [-0.2, -0.15) is 0 Å². The lowest BCUT2D eigenvalue weighted by molar-refractivity contribution is 0.0685. The number of carbonyl (C=O) groups is 2. The molecule has 0 radical (unpaired) electrons. The van der Waals surface area contributed by atoms with E-state index < -0.39 is 11.9 Å². The van der Waals surface area contributed by atoms with Crippen molar-refractivity contribution in [3.8, 4) is 0 Å². The monoisotopic (exact) mass is 322 g/mol. The number of thiol groups is 2. The average molecular weight is 322 g/mol. The highest BCUT2D eigenvalue weighted by atomic mass is 32.1. The lowest BCUT2D eigenvalue weighted by Gasteiger charge is -2.01. The molecule has 0 atom stereocenters. The molecule has 2 rings (SSSR count). The van der Waals surface area contributed by atoms with Gasteiger partial charge in [0.25, 0.3) is 0 Å². The Hall–Kier alpha value is -1.92. The lowest BCUT2D eigenvalue weighted by Crippen LogP contribution is -1.99. The van der Waals surface area contributed by atoms with Crippen LogP contribution in [-0.2, 0) is 0 Å². The largest absolute Gasteiger partial charge is 0.478 e. The first kappa shape index (κ1) is 17.1. The van der Waals surface area contributed by atoms with Crippen molar-refractivity contribution in [3.05, 3.63) is 59.2 Å². The minimum Gasteiger partial charge on any atom is -0.478 e. The molecule has 0 aromatic heterocycles. The first-order valence-electron chi connectivity index (χ1n) is 5.87. The van der Waals surface area contributed by atoms with Crippen LogP contribution >= 0.6 is 25.3 Å². The molecule has 0 saturated heterocycles. The zero-order valence-corrected chi connectivity index (χ0v) is 12.9. The van der Waals surface area contributed by atoms with Crippen molar-refractivity contribution in [1.29, 1.82) is 0 Å². The maximum atomic E-state index is 10.5. The Morgan fingerprint density at radius 3 is 2.00 bits per heavy atom. The van der Waals surface area contributed by atoms with Gasteiger partial charge in [-0.05, 0) is 42.8 Å². The standard InChI is InChI=1S/C8H8O2S.C7H6O2S/c1-5-6(8(9)10)3-2-4-7(5)11;8-7(9)5-2-1-3-6(10)4-5/h2-4,11H,1H3,(H,9,10);1-4,10H,(H,8,9). The third-order valence-corrected chi connectivity index (χ3v) is 3.39. The summed E-state index contributed by atoms with van der Waals surface area (Å²) in [6.07, 6.45) is 0. The molecule has 0 aliphatic heterocycles. The summed E-state index contributed by atoms with van der Waals surface area (Å²) >= 11 is 8.08. The molecule has 0 spiro atoms. The molecule has 0 heterocycles. The normalized spacial score (nSPS) is 9.48. The summed E-state index contributed by atoms with van der Waals surface area (Å²) < 4.78 is 0. The molecule has 0 fully saturated rings. The van der Waals surface area contributed by atoms with Crippen molar-refractivity contribution in [3.63, 3.8) is 0 Å². The van der Waals surface area contributed by atoms with Crippen molar-refractivity contribution in [2.24, 2.45) is 0 Å². The van der Waals surface area contributed by atoms with Crippen LogP contribution in [0, 0.1) is 6.92 Å². The van der Waals surface area contributed by atoms with E-state index in [0.717, 1.165) is 0 Å². The number of carboxylic acids is 2. The zero-order valence-electron chi connectivity index (χ0n) is 11.1. The van der Waals surface area contributed by atoms with E-state index in [1.165, 1.54) is 12.1 Å². The van der Waals surface area contributed by atoms with Crippen molar-refractivity contribution in [1.82, 2.24) is 0 Å². The van der Waals surface area contributed by atoms with Crippen molar-refractivity contribution in [2.45, 2.75) is 16.7 Å². The van der Waals surface area contributed by atoms with E-state index in [1.54, 1.807) is 37.3 Å². The van der Waals surface area contributed by atoms with Gasteiger partial charge in [-0.15, -0.1) is 25.3 Å². The van der Waals surface area contributed by atoms with Gasteiger partial charge in [0.1, 0.15) is 0 Å². The molecular weight excluding hydrogens is 308 g/mol. The number of aromatic carboxylic acids is 2. The number of hydrogen-bond donors (Lipinski definition) is 4. The molecule has 0 bridgehead atoms. The highest BCUT2D eigenvalue weighted by Gasteiger charge is 2.06. The second kappa shape index (κ2) is 7.75. The Kier molecular flexibility index (Phi) is 6.33. The highest BCUT2D eigenvalue weighted by Crippen LogP contribution is 2.16. The minimum absolute atomic E-state index is 0.271. The van der Waals surface area contributed by atoms with Crippen molar-refractivity contribution in [2.75, 3.05) is 0 Å². The van der Waals surface area contributed by atoms with Gasteiger partial charge in [0.15, 0.2) is 0 Å². The summed E-state index contributed by atoms with van der Waals surface area (Å²) in [6, 6.07) is 11.4. The fourth-order valence-electron chi connectivity index (χ4n) is 1.49. The molecule has 2 N–H and O–H groups in total. The summed E-state index contributed by atoms with van der Waals surface area (Å²) in [5.41, 5.74) is 1.30. The van der Waals surface area contributed by atoms with Gasteiger partial charge in [0, 0.05) is 9.79 Å². The van der Waals surface area contributed by atoms with E-state index in [1.807, 2.05) is 0 Å². The fourth-order valence-corrected chi connectivity index (χ4v) is 1.93. The van der Waals surface area contributed by atoms with Crippen LogP contribution in [0.25, 0.3) is 0 Å².